The maximum atomic E-state index is 14.2. The summed E-state index contributed by atoms with van der Waals surface area (Å²) in [7, 11) is 0. The van der Waals surface area contributed by atoms with E-state index >= 15 is 0 Å². The summed E-state index contributed by atoms with van der Waals surface area (Å²) in [5, 5.41) is 14.7. The molecule has 0 bridgehead atoms. The number of anilines is 1. The van der Waals surface area contributed by atoms with Gasteiger partial charge in [0.25, 0.3) is 0 Å². The molecular weight excluding hydrogens is 387 g/mol. The molecule has 0 spiro atoms. The number of para-hydroxylation sites is 1. The summed E-state index contributed by atoms with van der Waals surface area (Å²) in [6.07, 6.45) is 3.29. The van der Waals surface area contributed by atoms with E-state index in [0.29, 0.717) is 12.2 Å². The first-order chi connectivity index (χ1) is 14.3. The van der Waals surface area contributed by atoms with Gasteiger partial charge in [-0.15, -0.1) is 16.4 Å². The van der Waals surface area contributed by atoms with Gasteiger partial charge < -0.3 is 4.90 Å². The van der Waals surface area contributed by atoms with E-state index in [0.717, 1.165) is 51.3 Å². The van der Waals surface area contributed by atoms with Gasteiger partial charge in [0.1, 0.15) is 5.82 Å². The largest absolute Gasteiger partial charge is 0.367 e. The van der Waals surface area contributed by atoms with Crippen molar-refractivity contribution in [2.45, 2.75) is 38.8 Å². The third kappa shape index (κ3) is 4.64. The molecule has 1 aromatic carbocycles. The van der Waals surface area contributed by atoms with Gasteiger partial charge in [0.2, 0.25) is 0 Å². The summed E-state index contributed by atoms with van der Waals surface area (Å²) in [4.78, 5) is 5.85. The molecule has 0 radical (unpaired) electrons. The van der Waals surface area contributed by atoms with Crippen molar-refractivity contribution in [1.29, 1.82) is 0 Å². The number of aromatic nitrogens is 4. The highest BCUT2D eigenvalue weighted by Gasteiger charge is 2.29. The Balaban J connectivity index is 1.48. The maximum Gasteiger partial charge on any atom is 0.168 e. The molecule has 0 saturated carbocycles. The fourth-order valence-electron chi connectivity index (χ4n) is 3.97. The number of hydrogen-bond acceptors (Lipinski definition) is 6. The van der Waals surface area contributed by atoms with Crippen LogP contribution in [0.5, 0.6) is 0 Å². The number of rotatable bonds is 8. The normalized spacial score (nSPS) is 16.3. The highest BCUT2D eigenvalue weighted by atomic mass is 32.1. The molecule has 1 unspecified atom stereocenters. The summed E-state index contributed by atoms with van der Waals surface area (Å²) < 4.78 is 16.1. The molecule has 1 aliphatic rings. The Morgan fingerprint density at radius 3 is 2.66 bits per heavy atom. The van der Waals surface area contributed by atoms with Crippen molar-refractivity contribution in [2.75, 3.05) is 31.1 Å². The van der Waals surface area contributed by atoms with E-state index < -0.39 is 0 Å². The molecule has 1 saturated heterocycles. The summed E-state index contributed by atoms with van der Waals surface area (Å²) in [5.74, 6) is 0.787. The molecule has 154 valence electrons. The predicted octanol–water partition coefficient (Wildman–Crippen LogP) is 3.98. The molecule has 4 rings (SSSR count). The number of nitrogens with zero attached hydrogens (tertiary/aromatic N) is 6. The third-order valence-electron chi connectivity index (χ3n) is 5.52. The van der Waals surface area contributed by atoms with Gasteiger partial charge in [-0.25, -0.2) is 9.07 Å². The van der Waals surface area contributed by atoms with E-state index in [1.165, 1.54) is 10.9 Å². The Morgan fingerprint density at radius 1 is 1.10 bits per heavy atom. The second-order valence-corrected chi connectivity index (χ2v) is 8.44. The summed E-state index contributed by atoms with van der Waals surface area (Å²) >= 11 is 1.72. The van der Waals surface area contributed by atoms with Crippen molar-refractivity contribution in [1.82, 2.24) is 25.1 Å². The molecular formula is C21H27FN6S. The van der Waals surface area contributed by atoms with Crippen molar-refractivity contribution < 1.29 is 4.39 Å². The Bertz CT molecular complexity index is 888. The van der Waals surface area contributed by atoms with Gasteiger partial charge in [-0.2, -0.15) is 0 Å². The van der Waals surface area contributed by atoms with Crippen LogP contribution in [0.3, 0.4) is 0 Å². The Labute approximate surface area is 174 Å². The lowest BCUT2D eigenvalue weighted by Crippen LogP contribution is -2.48. The maximum absolute atomic E-state index is 14.2. The number of hydrogen-bond donors (Lipinski definition) is 0. The minimum atomic E-state index is -0.150. The highest BCUT2D eigenvalue weighted by molar-refractivity contribution is 7.09. The van der Waals surface area contributed by atoms with Gasteiger partial charge >= 0.3 is 0 Å². The first kappa shape index (κ1) is 20.0. The van der Waals surface area contributed by atoms with E-state index in [2.05, 4.69) is 49.8 Å². The van der Waals surface area contributed by atoms with E-state index in [-0.39, 0.29) is 11.9 Å². The smallest absolute Gasteiger partial charge is 0.168 e. The Kier molecular flexibility index (Phi) is 6.51. The Morgan fingerprint density at radius 2 is 1.93 bits per heavy atom. The SMILES string of the molecule is CCCCC(c1nnnn1Cc1cccs1)N1CCN(c2ccccc2F)CC1. The molecule has 3 heterocycles. The number of tetrazole rings is 1. The molecule has 0 amide bonds. The van der Waals surface area contributed by atoms with Crippen LogP contribution < -0.4 is 4.90 Å². The highest BCUT2D eigenvalue weighted by Crippen LogP contribution is 2.28. The number of unbranched alkanes of at least 4 members (excludes halogenated alkanes) is 1. The summed E-state index contributed by atoms with van der Waals surface area (Å²) in [6.45, 7) is 6.26. The fraction of sp³-hybridized carbons (Fsp3) is 0.476. The molecule has 0 aliphatic carbocycles. The first-order valence-corrected chi connectivity index (χ1v) is 11.2. The second kappa shape index (κ2) is 9.45. The number of thiophene rings is 1. The van der Waals surface area contributed by atoms with Crippen LogP contribution >= 0.6 is 11.3 Å². The Hall–Kier alpha value is -2.32. The van der Waals surface area contributed by atoms with Gasteiger partial charge in [0.15, 0.2) is 5.82 Å². The first-order valence-electron chi connectivity index (χ1n) is 10.3. The van der Waals surface area contributed by atoms with Crippen LogP contribution in [0.25, 0.3) is 0 Å². The van der Waals surface area contributed by atoms with Crippen LogP contribution in [0.1, 0.15) is 42.9 Å². The number of benzene rings is 1. The lowest BCUT2D eigenvalue weighted by molar-refractivity contribution is 0.163. The van der Waals surface area contributed by atoms with Gasteiger partial charge in [-0.3, -0.25) is 4.90 Å². The van der Waals surface area contributed by atoms with Crippen LogP contribution in [0, 0.1) is 5.82 Å². The van der Waals surface area contributed by atoms with Crippen molar-refractivity contribution in [3.63, 3.8) is 0 Å². The zero-order valence-electron chi connectivity index (χ0n) is 16.7. The minimum absolute atomic E-state index is 0.150. The predicted molar refractivity (Wildman–Crippen MR) is 114 cm³/mol. The van der Waals surface area contributed by atoms with Gasteiger partial charge in [0, 0.05) is 31.1 Å². The zero-order valence-corrected chi connectivity index (χ0v) is 17.6. The van der Waals surface area contributed by atoms with Crippen molar-refractivity contribution in [2.24, 2.45) is 0 Å². The lowest BCUT2D eigenvalue weighted by Gasteiger charge is -2.39. The van der Waals surface area contributed by atoms with E-state index in [1.807, 2.05) is 16.8 Å². The molecule has 29 heavy (non-hydrogen) atoms. The molecule has 1 aliphatic heterocycles. The monoisotopic (exact) mass is 414 g/mol. The average Bonchev–Trinajstić information content (AvgIpc) is 3.42. The third-order valence-corrected chi connectivity index (χ3v) is 6.38. The van der Waals surface area contributed by atoms with E-state index in [4.69, 9.17) is 0 Å². The van der Waals surface area contributed by atoms with Crippen molar-refractivity contribution >= 4 is 17.0 Å². The molecule has 1 fully saturated rings. The lowest BCUT2D eigenvalue weighted by atomic mass is 10.1. The van der Waals surface area contributed by atoms with Gasteiger partial charge in [0.05, 0.1) is 18.3 Å². The van der Waals surface area contributed by atoms with Crippen LogP contribution in [-0.4, -0.2) is 51.3 Å². The fourth-order valence-corrected chi connectivity index (χ4v) is 4.65. The van der Waals surface area contributed by atoms with Crippen molar-refractivity contribution in [3.8, 4) is 0 Å². The molecule has 3 aromatic rings. The average molecular weight is 415 g/mol. The minimum Gasteiger partial charge on any atom is -0.367 e. The zero-order chi connectivity index (χ0) is 20.1. The van der Waals surface area contributed by atoms with Crippen LogP contribution in [0.2, 0.25) is 0 Å². The molecule has 1 atom stereocenters. The molecule has 6 nitrogen and oxygen atoms in total. The topological polar surface area (TPSA) is 50.1 Å². The quantitative estimate of drug-likeness (QED) is 0.558. The van der Waals surface area contributed by atoms with Crippen LogP contribution in [0.4, 0.5) is 10.1 Å². The van der Waals surface area contributed by atoms with Crippen molar-refractivity contribution in [3.05, 3.63) is 58.3 Å². The molecule has 2 aromatic heterocycles. The second-order valence-electron chi connectivity index (χ2n) is 7.41. The van der Waals surface area contributed by atoms with Crippen LogP contribution in [-0.2, 0) is 6.54 Å². The molecule has 0 N–H and O–H groups in total. The number of piperazine rings is 1. The summed E-state index contributed by atoms with van der Waals surface area (Å²) in [5.41, 5.74) is 0.694. The standard InChI is InChI=1S/C21H27FN6S/c1-2-3-9-20(21-23-24-25-28(21)16-17-7-6-15-29-17)27-13-11-26(12-14-27)19-10-5-4-8-18(19)22/h4-8,10,15,20H,2-3,9,11-14,16H2,1H3. The van der Waals surface area contributed by atoms with Crippen LogP contribution in [0.15, 0.2) is 41.8 Å². The molecule has 8 heteroatoms. The number of halogens is 1. The van der Waals surface area contributed by atoms with E-state index in [9.17, 15) is 4.39 Å². The van der Waals surface area contributed by atoms with E-state index in [1.54, 1.807) is 17.4 Å². The van der Waals surface area contributed by atoms with Gasteiger partial charge in [-0.05, 0) is 40.4 Å². The summed E-state index contributed by atoms with van der Waals surface area (Å²) in [6, 6.07) is 11.4. The van der Waals surface area contributed by atoms with Gasteiger partial charge in [-0.1, -0.05) is 38.0 Å².